The first kappa shape index (κ1) is 50.1. The Hall–Kier alpha value is -6.40. The number of carbonyl (C=O) groups is 1. The zero-order valence-corrected chi connectivity index (χ0v) is 42.5. The second-order valence-electron chi connectivity index (χ2n) is 21.5. The number of H-pyrrole nitrogens is 1. The smallest absolute Gasteiger partial charge is 0.293 e. The summed E-state index contributed by atoms with van der Waals surface area (Å²) in [5, 5.41) is 26.5. The third kappa shape index (κ3) is 11.1. The first-order valence-electron chi connectivity index (χ1n) is 25.6. The molecule has 1 atom stereocenters. The lowest BCUT2D eigenvalue weighted by atomic mass is 9.59. The lowest BCUT2D eigenvalue weighted by molar-refractivity contribution is -0.384. The van der Waals surface area contributed by atoms with E-state index < -0.39 is 37.0 Å². The molecule has 4 heterocycles. The Labute approximate surface area is 426 Å². The van der Waals surface area contributed by atoms with Gasteiger partial charge in [0.15, 0.2) is 0 Å². The summed E-state index contributed by atoms with van der Waals surface area (Å²) in [6.45, 7) is 11.9. The van der Waals surface area contributed by atoms with Crippen molar-refractivity contribution < 1.29 is 32.4 Å². The maximum absolute atomic E-state index is 14.1. The maximum atomic E-state index is 14.1. The van der Waals surface area contributed by atoms with Crippen molar-refractivity contribution in [2.45, 2.75) is 107 Å². The molecule has 6 aromatic rings. The van der Waals surface area contributed by atoms with E-state index in [0.717, 1.165) is 100 Å². The van der Waals surface area contributed by atoms with Gasteiger partial charge in [0.1, 0.15) is 28.7 Å². The Morgan fingerprint density at radius 1 is 0.959 bits per heavy atom. The minimum absolute atomic E-state index is 0.0394. The molecule has 0 radical (unpaired) electrons. The molecule has 73 heavy (non-hydrogen) atoms. The minimum Gasteiger partial charge on any atom is -0.455 e. The van der Waals surface area contributed by atoms with Crippen molar-refractivity contribution in [2.24, 2.45) is 11.3 Å². The Morgan fingerprint density at radius 3 is 2.45 bits per heavy atom. The number of hydrogen-bond donors (Lipinski definition) is 4. The Balaban J connectivity index is 0.832. The molecule has 17 heteroatoms. The number of carbonyl (C=O) groups excluding carboxylic acids is 1. The lowest BCUT2D eigenvalue weighted by Gasteiger charge is -2.58. The van der Waals surface area contributed by atoms with Crippen LogP contribution in [0.4, 0.5) is 21.5 Å². The van der Waals surface area contributed by atoms with E-state index in [4.69, 9.17) is 4.74 Å². The van der Waals surface area contributed by atoms with Gasteiger partial charge in [0.25, 0.3) is 21.6 Å². The first-order valence-corrected chi connectivity index (χ1v) is 27.1. The number of halogens is 1. The molecule has 4 aromatic carbocycles. The summed E-state index contributed by atoms with van der Waals surface area (Å²) in [6.07, 6.45) is 10.3. The molecule has 384 valence electrons. The average molecular weight is 1010 g/mol. The van der Waals surface area contributed by atoms with Crippen LogP contribution in [0.2, 0.25) is 0 Å². The number of fused-ring (bicyclic) bond motifs is 1. The number of nitro groups is 1. The number of piperazine rings is 1. The van der Waals surface area contributed by atoms with Crippen LogP contribution in [0.15, 0.2) is 114 Å². The number of nitrogens with one attached hydrogen (secondary N) is 3. The van der Waals surface area contributed by atoms with Gasteiger partial charge in [-0.3, -0.25) is 24.7 Å². The lowest BCUT2D eigenvalue weighted by Crippen LogP contribution is -2.60. The van der Waals surface area contributed by atoms with Crippen LogP contribution in [-0.2, 0) is 16.6 Å². The van der Waals surface area contributed by atoms with Gasteiger partial charge in [-0.25, -0.2) is 22.5 Å². The van der Waals surface area contributed by atoms with Gasteiger partial charge in [-0.15, -0.1) is 0 Å². The molecule has 2 aliphatic heterocycles. The molecule has 2 aromatic heterocycles. The van der Waals surface area contributed by atoms with Crippen molar-refractivity contribution >= 4 is 44.0 Å². The number of nitrogens with zero attached hydrogens (tertiary/aromatic N) is 5. The largest absolute Gasteiger partial charge is 0.455 e. The summed E-state index contributed by atoms with van der Waals surface area (Å²) in [6, 6.07) is 28.8. The summed E-state index contributed by atoms with van der Waals surface area (Å²) < 4.78 is 50.0. The van der Waals surface area contributed by atoms with Gasteiger partial charge >= 0.3 is 0 Å². The van der Waals surface area contributed by atoms with Crippen LogP contribution in [-0.4, -0.2) is 95.0 Å². The summed E-state index contributed by atoms with van der Waals surface area (Å²) in [5.74, 6) is -0.114. The molecular weight excluding hydrogens is 948 g/mol. The molecule has 15 nitrogen and oxygen atoms in total. The first-order chi connectivity index (χ1) is 35.0. The Bertz CT molecular complexity index is 3080. The molecule has 4 fully saturated rings. The minimum atomic E-state index is -4.59. The fourth-order valence-corrected chi connectivity index (χ4v) is 12.8. The van der Waals surface area contributed by atoms with Crippen LogP contribution in [0.25, 0.3) is 11.0 Å². The number of nitro benzene ring substituents is 1. The number of piperidine rings is 1. The number of benzene rings is 4. The molecular formula is C56H65FN8O7S. The van der Waals surface area contributed by atoms with E-state index in [2.05, 4.69) is 72.8 Å². The second kappa shape index (κ2) is 20.5. The number of pyridine rings is 1. The predicted octanol–water partition coefficient (Wildman–Crippen LogP) is 10.3. The van der Waals surface area contributed by atoms with Crippen molar-refractivity contribution in [3.63, 3.8) is 0 Å². The average Bonchev–Trinajstić information content (AvgIpc) is 3.84. The molecule has 2 saturated carbocycles. The quantitative estimate of drug-likeness (QED) is 0.0564. The van der Waals surface area contributed by atoms with Gasteiger partial charge in [-0.05, 0) is 141 Å². The summed E-state index contributed by atoms with van der Waals surface area (Å²) in [7, 11) is -4.59. The highest BCUT2D eigenvalue weighted by Crippen LogP contribution is 2.53. The van der Waals surface area contributed by atoms with Crippen molar-refractivity contribution in [3.8, 4) is 11.5 Å². The normalized spacial score (nSPS) is 21.8. The molecule has 0 unspecified atom stereocenters. The number of ether oxygens (including phenoxy) is 1. The molecule has 1 spiro atoms. The monoisotopic (exact) mass is 1010 g/mol. The van der Waals surface area contributed by atoms with E-state index in [-0.39, 0.29) is 40.2 Å². The number of aromatic amines is 1. The van der Waals surface area contributed by atoms with Crippen LogP contribution < -0.4 is 19.7 Å². The van der Waals surface area contributed by atoms with E-state index in [1.54, 1.807) is 36.5 Å². The number of aliphatic hydroxyl groups is 1. The number of sulfonamides is 1. The van der Waals surface area contributed by atoms with Gasteiger partial charge in [0, 0.05) is 87.3 Å². The third-order valence-electron chi connectivity index (χ3n) is 16.1. The Morgan fingerprint density at radius 2 is 1.71 bits per heavy atom. The van der Waals surface area contributed by atoms with Crippen molar-refractivity contribution in [1.82, 2.24) is 24.5 Å². The van der Waals surface area contributed by atoms with Crippen LogP contribution >= 0.6 is 0 Å². The maximum Gasteiger partial charge on any atom is 0.293 e. The molecule has 2 aliphatic carbocycles. The van der Waals surface area contributed by atoms with Crippen molar-refractivity contribution in [3.05, 3.63) is 148 Å². The highest BCUT2D eigenvalue weighted by atomic mass is 32.2. The predicted molar refractivity (Wildman–Crippen MR) is 280 cm³/mol. The van der Waals surface area contributed by atoms with E-state index in [9.17, 15) is 32.8 Å². The van der Waals surface area contributed by atoms with Crippen LogP contribution in [0.3, 0.4) is 0 Å². The fraction of sp³-hybridized carbons (Fsp3) is 0.429. The van der Waals surface area contributed by atoms with Crippen molar-refractivity contribution in [2.75, 3.05) is 49.5 Å². The standard InChI is InChI=1S/C56H65FN8O7S/c1-37(2)46-6-4-5-7-47(46)51-36-62(35-39-8-10-41(57)11-9-39)26-27-64(51)43-31-56(32-43)21-24-63(25-22-56)42-12-14-48(52(29-42)72-44-28-40-18-23-58-53(40)60-34-44)54(66)61-73(70,71)45-13-15-49(50(30-45)65(68)69)59-33-38-16-19-55(3,67)20-17-38/h4-15,18,23,28-30,34,37-38,43,51,59,67H,16-17,19-22,24-27,31-33,35-36H2,1-3H3,(H,58,60)(H,61,66)/t38?,51-,55?/m0/s1. The van der Waals surface area contributed by atoms with Gasteiger partial charge in [0.2, 0.25) is 0 Å². The Kier molecular flexibility index (Phi) is 14.1. The molecule has 4 N–H and O–H groups in total. The summed E-state index contributed by atoms with van der Waals surface area (Å²) in [5.41, 5.74) is 4.56. The van der Waals surface area contributed by atoms with Crippen LogP contribution in [0.1, 0.15) is 111 Å². The molecule has 0 bridgehead atoms. The molecule has 1 amide bonds. The van der Waals surface area contributed by atoms with Crippen LogP contribution in [0.5, 0.6) is 11.5 Å². The van der Waals surface area contributed by atoms with Gasteiger partial charge in [0.05, 0.1) is 27.2 Å². The summed E-state index contributed by atoms with van der Waals surface area (Å²) in [4.78, 5) is 40.3. The van der Waals surface area contributed by atoms with Crippen molar-refractivity contribution in [1.29, 1.82) is 0 Å². The van der Waals surface area contributed by atoms with Gasteiger partial charge < -0.3 is 25.0 Å². The highest BCUT2D eigenvalue weighted by Gasteiger charge is 2.50. The number of anilines is 2. The van der Waals surface area contributed by atoms with E-state index in [1.165, 1.54) is 29.5 Å². The zero-order chi connectivity index (χ0) is 51.1. The topological polar surface area (TPSA) is 186 Å². The summed E-state index contributed by atoms with van der Waals surface area (Å²) >= 11 is 0. The molecule has 4 aliphatic rings. The highest BCUT2D eigenvalue weighted by molar-refractivity contribution is 7.90. The number of amides is 1. The van der Waals surface area contributed by atoms with E-state index in [1.807, 2.05) is 31.2 Å². The SMILES string of the molecule is CC(C)c1ccccc1[C@@H]1CN(Cc2ccc(F)cc2)CCN1C1CC2(CCN(c3ccc(C(=O)NS(=O)(=O)c4ccc(NCC5CCC(C)(O)CC5)c([N+](=O)[O-])c4)c(Oc4cnc5[nH]ccc5c4)c3)CC2)C1. The number of aromatic nitrogens is 2. The van der Waals surface area contributed by atoms with Crippen LogP contribution in [0, 0.1) is 27.3 Å². The number of hydrogen-bond acceptors (Lipinski definition) is 12. The zero-order valence-electron chi connectivity index (χ0n) is 41.7. The fourth-order valence-electron chi connectivity index (χ4n) is 11.8. The van der Waals surface area contributed by atoms with Gasteiger partial charge in [-0.2, -0.15) is 0 Å². The molecule has 2 saturated heterocycles. The van der Waals surface area contributed by atoms with E-state index in [0.29, 0.717) is 42.7 Å². The van der Waals surface area contributed by atoms with Gasteiger partial charge in [-0.1, -0.05) is 50.2 Å². The third-order valence-corrected chi connectivity index (χ3v) is 17.4. The second-order valence-corrected chi connectivity index (χ2v) is 23.2. The number of rotatable bonds is 15. The molecule has 10 rings (SSSR count). The van der Waals surface area contributed by atoms with E-state index >= 15 is 0 Å².